The number of nitrogens with zero attached hydrogens (tertiary/aromatic N) is 4. The molecular weight excluding hydrogens is 1080 g/mol. The molecule has 0 bridgehead atoms. The van der Waals surface area contributed by atoms with Gasteiger partial charge in [0.25, 0.3) is 0 Å². The van der Waals surface area contributed by atoms with Crippen molar-refractivity contribution < 1.29 is 30.0 Å². The van der Waals surface area contributed by atoms with Crippen molar-refractivity contribution in [2.24, 2.45) is 0 Å². The van der Waals surface area contributed by atoms with E-state index in [0.29, 0.717) is 52.2 Å². The van der Waals surface area contributed by atoms with Gasteiger partial charge in [-0.05, 0) is 58.0 Å². The standard InChI is InChI=1S/C72H146N4O6S2/c1-5-9-13-17-21-25-29-33-37-41-48-68(77)64-75(65-69(78)49-42-38-34-30-26-22-18-14-10-6-2)53-45-46-62-83-84-63-60-74-57-55-73(56-58-74)59-61-82-72(81)52-47-54-76(66-70(79)50-43-39-35-31-27-23-19-15-11-7-3)67-71(80)51-44-40-36-32-28-24-20-16-12-8-4/h68-71,77-80H,5-67H2,1-4H3. The van der Waals surface area contributed by atoms with Gasteiger partial charge in [-0.2, -0.15) is 0 Å². The van der Waals surface area contributed by atoms with E-state index in [1.807, 2.05) is 21.6 Å². The number of unbranched alkanes of at least 4 members (excludes halogenated alkanes) is 37. The molecule has 10 nitrogen and oxygen atoms in total. The van der Waals surface area contributed by atoms with Crippen molar-refractivity contribution >= 4 is 27.6 Å². The van der Waals surface area contributed by atoms with Crippen LogP contribution in [-0.4, -0.2) is 167 Å². The Hall–Kier alpha value is -0.150. The Morgan fingerprint density at radius 3 is 0.952 bits per heavy atom. The third-order valence-corrected chi connectivity index (χ3v) is 20.4. The number of hydrogen-bond donors (Lipinski definition) is 4. The maximum absolute atomic E-state index is 12.9. The van der Waals surface area contributed by atoms with Gasteiger partial charge in [0.1, 0.15) is 6.61 Å². The van der Waals surface area contributed by atoms with E-state index in [2.05, 4.69) is 47.3 Å². The predicted octanol–water partition coefficient (Wildman–Crippen LogP) is 18.4. The average molecular weight is 1230 g/mol. The Labute approximate surface area is 531 Å². The van der Waals surface area contributed by atoms with Gasteiger partial charge >= 0.3 is 5.97 Å². The zero-order chi connectivity index (χ0) is 60.9. The second-order valence-corrected chi connectivity index (χ2v) is 29.1. The van der Waals surface area contributed by atoms with Crippen LogP contribution in [0.2, 0.25) is 0 Å². The van der Waals surface area contributed by atoms with Crippen LogP contribution in [0.4, 0.5) is 0 Å². The van der Waals surface area contributed by atoms with Crippen LogP contribution in [0.15, 0.2) is 0 Å². The van der Waals surface area contributed by atoms with Crippen LogP contribution in [0.25, 0.3) is 0 Å². The second kappa shape index (κ2) is 64.4. The summed E-state index contributed by atoms with van der Waals surface area (Å²) in [4.78, 5) is 22.5. The van der Waals surface area contributed by atoms with Crippen molar-refractivity contribution in [2.45, 2.75) is 360 Å². The van der Waals surface area contributed by atoms with Crippen molar-refractivity contribution in [3.05, 3.63) is 0 Å². The molecule has 0 radical (unpaired) electrons. The fourth-order valence-electron chi connectivity index (χ4n) is 12.4. The number of hydrogen-bond acceptors (Lipinski definition) is 12. The van der Waals surface area contributed by atoms with Gasteiger partial charge in [0, 0.05) is 83.4 Å². The molecule has 0 aliphatic carbocycles. The summed E-state index contributed by atoms with van der Waals surface area (Å²) in [6.45, 7) is 19.7. The lowest BCUT2D eigenvalue weighted by atomic mass is 10.0. The maximum Gasteiger partial charge on any atom is 0.305 e. The lowest BCUT2D eigenvalue weighted by Gasteiger charge is -2.34. The predicted molar refractivity (Wildman–Crippen MR) is 370 cm³/mol. The molecule has 0 spiro atoms. The zero-order valence-electron chi connectivity index (χ0n) is 56.6. The number of esters is 1. The molecule has 502 valence electrons. The molecule has 1 heterocycles. The number of aliphatic hydroxyl groups is 4. The molecule has 12 heteroatoms. The normalized spacial score (nSPS) is 15.0. The summed E-state index contributed by atoms with van der Waals surface area (Å²) < 4.78 is 5.75. The van der Waals surface area contributed by atoms with Gasteiger partial charge in [0.05, 0.1) is 24.4 Å². The minimum absolute atomic E-state index is 0.139. The highest BCUT2D eigenvalue weighted by molar-refractivity contribution is 8.76. The van der Waals surface area contributed by atoms with Crippen LogP contribution in [-0.2, 0) is 9.53 Å². The Bertz CT molecular complexity index is 1260. The molecule has 1 fully saturated rings. The monoisotopic (exact) mass is 1230 g/mol. The van der Waals surface area contributed by atoms with Gasteiger partial charge in [-0.1, -0.05) is 306 Å². The van der Waals surface area contributed by atoms with Gasteiger partial charge < -0.3 is 25.2 Å². The molecule has 4 N–H and O–H groups in total. The summed E-state index contributed by atoms with van der Waals surface area (Å²) in [6.07, 6.45) is 57.3. The van der Waals surface area contributed by atoms with Crippen molar-refractivity contribution in [1.82, 2.24) is 19.6 Å². The lowest BCUT2D eigenvalue weighted by Crippen LogP contribution is -2.47. The molecule has 4 atom stereocenters. The maximum atomic E-state index is 12.9. The number of carbonyl (C=O) groups is 1. The number of rotatable bonds is 68. The minimum Gasteiger partial charge on any atom is -0.464 e. The van der Waals surface area contributed by atoms with Crippen molar-refractivity contribution in [3.63, 3.8) is 0 Å². The summed E-state index contributed by atoms with van der Waals surface area (Å²) >= 11 is 0. The molecule has 1 aliphatic heterocycles. The van der Waals surface area contributed by atoms with E-state index in [1.54, 1.807) is 0 Å². The Kier molecular flexibility index (Phi) is 62.7. The summed E-state index contributed by atoms with van der Waals surface area (Å²) in [7, 11) is 3.99. The fraction of sp³-hybridized carbons (Fsp3) is 0.986. The molecule has 1 aliphatic rings. The second-order valence-electron chi connectivity index (χ2n) is 26.4. The molecule has 0 aromatic rings. The molecule has 84 heavy (non-hydrogen) atoms. The van der Waals surface area contributed by atoms with Crippen molar-refractivity contribution in [3.8, 4) is 0 Å². The first-order valence-corrected chi connectivity index (χ1v) is 39.7. The lowest BCUT2D eigenvalue weighted by molar-refractivity contribution is -0.144. The summed E-state index contributed by atoms with van der Waals surface area (Å²) in [6, 6.07) is 0. The molecule has 1 rings (SSSR count). The molecule has 0 saturated carbocycles. The van der Waals surface area contributed by atoms with E-state index in [-0.39, 0.29) is 18.2 Å². The van der Waals surface area contributed by atoms with Gasteiger partial charge in [0.2, 0.25) is 0 Å². The fourth-order valence-corrected chi connectivity index (χ4v) is 14.5. The average Bonchev–Trinajstić information content (AvgIpc) is 3.51. The first kappa shape index (κ1) is 81.9. The SMILES string of the molecule is CCCCCCCCCCCCC(O)CN(CCCCSSCCN1CCN(CCOC(=O)CCCN(CC(O)CCCCCCCCCCCC)CC(O)CCCCCCCCCCCC)CC1)CC(O)CCCCCCCCCCCC. The van der Waals surface area contributed by atoms with Crippen LogP contribution < -0.4 is 0 Å². The van der Waals surface area contributed by atoms with Crippen LogP contribution in [0, 0.1) is 0 Å². The number of aliphatic hydroxyl groups excluding tert-OH is 4. The van der Waals surface area contributed by atoms with E-state index in [9.17, 15) is 25.2 Å². The molecule has 0 amide bonds. The van der Waals surface area contributed by atoms with Crippen LogP contribution >= 0.6 is 21.6 Å². The largest absolute Gasteiger partial charge is 0.464 e. The smallest absolute Gasteiger partial charge is 0.305 e. The van der Waals surface area contributed by atoms with E-state index in [0.717, 1.165) is 122 Å². The Balaban J connectivity index is 2.37. The topological polar surface area (TPSA) is 120 Å². The number of carbonyl (C=O) groups excluding carboxylic acids is 1. The molecule has 1 saturated heterocycles. The number of piperazine rings is 1. The van der Waals surface area contributed by atoms with Crippen LogP contribution in [0.3, 0.4) is 0 Å². The van der Waals surface area contributed by atoms with E-state index < -0.39 is 12.2 Å². The zero-order valence-corrected chi connectivity index (χ0v) is 58.2. The molecular formula is C72H146N4O6S2. The highest BCUT2D eigenvalue weighted by Gasteiger charge is 2.20. The highest BCUT2D eigenvalue weighted by Crippen LogP contribution is 2.24. The minimum atomic E-state index is -0.404. The number of ether oxygens (including phenoxy) is 1. The van der Waals surface area contributed by atoms with Gasteiger partial charge in [0.15, 0.2) is 0 Å². The van der Waals surface area contributed by atoms with Crippen molar-refractivity contribution in [2.75, 3.05) is 96.6 Å². The first-order chi connectivity index (χ1) is 41.2. The van der Waals surface area contributed by atoms with E-state index in [1.165, 1.54) is 231 Å². The van der Waals surface area contributed by atoms with E-state index >= 15 is 0 Å². The van der Waals surface area contributed by atoms with Crippen LogP contribution in [0.5, 0.6) is 0 Å². The first-order valence-electron chi connectivity index (χ1n) is 37.2. The van der Waals surface area contributed by atoms with Gasteiger partial charge in [-0.3, -0.25) is 24.4 Å². The third-order valence-electron chi connectivity index (χ3n) is 18.0. The summed E-state index contributed by atoms with van der Waals surface area (Å²) in [5, 5.41) is 44.4. The quantitative estimate of drug-likeness (QED) is 0.0264. The Morgan fingerprint density at radius 2 is 0.631 bits per heavy atom. The van der Waals surface area contributed by atoms with Crippen molar-refractivity contribution in [1.29, 1.82) is 0 Å². The van der Waals surface area contributed by atoms with Gasteiger partial charge in [-0.25, -0.2) is 0 Å². The molecule has 4 unspecified atom stereocenters. The third kappa shape index (κ3) is 57.0. The van der Waals surface area contributed by atoms with Gasteiger partial charge in [-0.15, -0.1) is 0 Å². The Morgan fingerprint density at radius 1 is 0.357 bits per heavy atom. The van der Waals surface area contributed by atoms with E-state index in [4.69, 9.17) is 4.74 Å². The molecule has 0 aromatic carbocycles. The summed E-state index contributed by atoms with van der Waals surface area (Å²) in [5.74, 6) is 2.12. The highest BCUT2D eigenvalue weighted by atomic mass is 33.1. The summed E-state index contributed by atoms with van der Waals surface area (Å²) in [5.41, 5.74) is 0. The van der Waals surface area contributed by atoms with Crippen LogP contribution in [0.1, 0.15) is 336 Å². The molecule has 0 aromatic heterocycles.